The van der Waals surface area contributed by atoms with Crippen molar-refractivity contribution in [3.8, 4) is 0 Å². The zero-order valence-electron chi connectivity index (χ0n) is 5.84. The summed E-state index contributed by atoms with van der Waals surface area (Å²) in [5, 5.41) is 0. The highest BCUT2D eigenvalue weighted by Gasteiger charge is 2.51. The van der Waals surface area contributed by atoms with Crippen molar-refractivity contribution in [2.24, 2.45) is 5.73 Å². The second-order valence-corrected chi connectivity index (χ2v) is 3.65. The zero-order chi connectivity index (χ0) is 9.52. The zero-order valence-corrected chi connectivity index (χ0v) is 6.66. The molecule has 2 atom stereocenters. The topological polar surface area (TPSA) is 101 Å². The largest absolute Gasteiger partial charge is 0.362 e. The number of halogens is 1. The van der Waals surface area contributed by atoms with Crippen molar-refractivity contribution in [3.63, 3.8) is 0 Å². The van der Waals surface area contributed by atoms with E-state index in [0.717, 1.165) is 0 Å². The molecule has 6 nitrogen and oxygen atoms in total. The lowest BCUT2D eigenvalue weighted by atomic mass is 10.0. The van der Waals surface area contributed by atoms with Crippen molar-refractivity contribution < 1.29 is 22.2 Å². The maximum absolute atomic E-state index is 12.0. The lowest BCUT2D eigenvalue weighted by molar-refractivity contribution is -0.141. The minimum atomic E-state index is -4.65. The second kappa shape index (κ2) is 2.64. The van der Waals surface area contributed by atoms with Crippen LogP contribution in [0, 0.1) is 0 Å². The summed E-state index contributed by atoms with van der Waals surface area (Å²) >= 11 is 0. The molecule has 0 bridgehead atoms. The molecule has 70 valence electrons. The van der Waals surface area contributed by atoms with Gasteiger partial charge in [0, 0.05) is 0 Å². The maximum atomic E-state index is 12.0. The van der Waals surface area contributed by atoms with Crippen LogP contribution >= 0.6 is 0 Å². The van der Waals surface area contributed by atoms with E-state index in [1.807, 2.05) is 0 Å². The highest BCUT2D eigenvalue weighted by atomic mass is 32.2. The molecule has 1 rings (SSSR count). The molecule has 0 saturated carbocycles. The Morgan fingerprint density at radius 1 is 1.67 bits per heavy atom. The van der Waals surface area contributed by atoms with Crippen LogP contribution in [0.2, 0.25) is 0 Å². The summed E-state index contributed by atoms with van der Waals surface area (Å²) in [5.74, 6) is -0.986. The highest BCUT2D eigenvalue weighted by Crippen LogP contribution is 2.21. The summed E-state index contributed by atoms with van der Waals surface area (Å²) in [6.07, 6.45) is 0. The molecule has 1 aliphatic rings. The average Bonchev–Trinajstić information content (AvgIpc) is 1.95. The van der Waals surface area contributed by atoms with E-state index in [2.05, 4.69) is 0 Å². The van der Waals surface area contributed by atoms with Gasteiger partial charge in [0.15, 0.2) is 0 Å². The Bertz CT molecular complexity index is 302. The molecule has 1 saturated heterocycles. The van der Waals surface area contributed by atoms with Crippen LogP contribution < -0.4 is 5.73 Å². The van der Waals surface area contributed by atoms with Crippen LogP contribution in [0.25, 0.3) is 0 Å². The number of alkyl halides is 1. The van der Waals surface area contributed by atoms with E-state index in [9.17, 15) is 17.6 Å². The number of nitrogens with zero attached hydrogens (tertiary/aromatic N) is 1. The fourth-order valence-corrected chi connectivity index (χ4v) is 1.86. The molecule has 12 heavy (non-hydrogen) atoms. The molecule has 0 aromatic carbocycles. The number of carbonyl (C=O) groups is 1. The first kappa shape index (κ1) is 9.36. The monoisotopic (exact) mass is 198 g/mol. The molecule has 1 aliphatic heterocycles. The van der Waals surface area contributed by atoms with Gasteiger partial charge in [0.25, 0.3) is 5.91 Å². The fraction of sp³-hybridized carbons (Fsp3) is 0.750. The number of nitrogens with two attached hydrogens (primary N) is 1. The molecule has 0 aliphatic carbocycles. The Hall–Kier alpha value is -0.730. The first-order chi connectivity index (χ1) is 5.39. The number of hydrogen-bond acceptors (Lipinski definition) is 4. The highest BCUT2D eigenvalue weighted by molar-refractivity contribution is 7.84. The van der Waals surface area contributed by atoms with Crippen LogP contribution in [0.1, 0.15) is 0 Å². The molecule has 1 heterocycles. The molecule has 0 radical (unpaired) electrons. The minimum Gasteiger partial charge on any atom is -0.318 e. The Kier molecular flexibility index (Phi) is 2.06. The van der Waals surface area contributed by atoms with Crippen molar-refractivity contribution in [1.29, 1.82) is 0 Å². The summed E-state index contributed by atoms with van der Waals surface area (Å²) < 4.78 is 41.2. The van der Waals surface area contributed by atoms with Gasteiger partial charge in [-0.3, -0.25) is 9.35 Å². The third-order valence-corrected chi connectivity index (χ3v) is 2.57. The van der Waals surface area contributed by atoms with Crippen molar-refractivity contribution >= 4 is 16.2 Å². The summed E-state index contributed by atoms with van der Waals surface area (Å²) in [7, 11) is -4.65. The first-order valence-electron chi connectivity index (χ1n) is 3.02. The second-order valence-electron chi connectivity index (χ2n) is 2.36. The Morgan fingerprint density at radius 3 is 2.42 bits per heavy atom. The third kappa shape index (κ3) is 1.17. The summed E-state index contributed by atoms with van der Waals surface area (Å²) in [6, 6.07) is -2.43. The normalized spacial score (nSPS) is 30.2. The van der Waals surface area contributed by atoms with Crippen LogP contribution in [0.3, 0.4) is 0 Å². The van der Waals surface area contributed by atoms with E-state index in [4.69, 9.17) is 10.3 Å². The first-order valence-corrected chi connectivity index (χ1v) is 4.41. The van der Waals surface area contributed by atoms with E-state index >= 15 is 0 Å². The molecule has 0 aromatic heterocycles. The predicted octanol–water partition coefficient (Wildman–Crippen LogP) is -1.70. The molecule has 1 fully saturated rings. The minimum absolute atomic E-state index is 0.0394. The van der Waals surface area contributed by atoms with Gasteiger partial charge >= 0.3 is 10.3 Å². The van der Waals surface area contributed by atoms with Gasteiger partial charge in [-0.05, 0) is 0 Å². The fourth-order valence-electron chi connectivity index (χ4n) is 0.982. The van der Waals surface area contributed by atoms with Gasteiger partial charge in [0.1, 0.15) is 18.8 Å². The van der Waals surface area contributed by atoms with E-state index < -0.39 is 35.0 Å². The lowest BCUT2D eigenvalue weighted by Gasteiger charge is -2.40. The van der Waals surface area contributed by atoms with Gasteiger partial charge in [-0.15, -0.1) is 0 Å². The molecule has 0 unspecified atom stereocenters. The van der Waals surface area contributed by atoms with E-state index in [1.54, 1.807) is 0 Å². The Labute approximate surface area is 68.0 Å². The van der Waals surface area contributed by atoms with Crippen molar-refractivity contribution in [1.82, 2.24) is 4.31 Å². The molecular formula is C4H7FN2O4S. The predicted molar refractivity (Wildman–Crippen MR) is 36.1 cm³/mol. The smallest absolute Gasteiger partial charge is 0.318 e. The van der Waals surface area contributed by atoms with Crippen LogP contribution in [-0.4, -0.2) is 41.9 Å². The van der Waals surface area contributed by atoms with Gasteiger partial charge in [-0.1, -0.05) is 0 Å². The van der Waals surface area contributed by atoms with Crippen molar-refractivity contribution in [2.75, 3.05) is 6.67 Å². The quantitative estimate of drug-likeness (QED) is 0.406. The summed E-state index contributed by atoms with van der Waals surface area (Å²) in [4.78, 5) is 10.7. The molecular weight excluding hydrogens is 191 g/mol. The van der Waals surface area contributed by atoms with Gasteiger partial charge in [-0.2, -0.15) is 8.42 Å². The van der Waals surface area contributed by atoms with Crippen LogP contribution in [0.4, 0.5) is 4.39 Å². The van der Waals surface area contributed by atoms with E-state index in [1.165, 1.54) is 0 Å². The maximum Gasteiger partial charge on any atom is 0.362 e. The average molecular weight is 198 g/mol. The van der Waals surface area contributed by atoms with Crippen LogP contribution in [0.15, 0.2) is 0 Å². The van der Waals surface area contributed by atoms with Crippen molar-refractivity contribution in [2.45, 2.75) is 12.1 Å². The Balaban J connectivity index is 2.88. The molecule has 8 heteroatoms. The van der Waals surface area contributed by atoms with Gasteiger partial charge in [0.05, 0.1) is 0 Å². The molecule has 0 spiro atoms. The number of β-lactam (4-membered cyclic amide) rings is 1. The van der Waals surface area contributed by atoms with Crippen LogP contribution in [0.5, 0.6) is 0 Å². The van der Waals surface area contributed by atoms with Gasteiger partial charge in [-0.25, -0.2) is 8.70 Å². The van der Waals surface area contributed by atoms with Gasteiger partial charge in [0.2, 0.25) is 0 Å². The van der Waals surface area contributed by atoms with Crippen LogP contribution in [-0.2, 0) is 15.1 Å². The number of amides is 1. The standard InChI is InChI=1S/C4H7FN2O4S/c5-1-2-3(6)4(8)7(2)12(9,10)11/h2-3H,1,6H2,(H,9,10,11)/t2-,3-/m0/s1. The number of rotatable bonds is 2. The third-order valence-electron chi connectivity index (χ3n) is 1.62. The van der Waals surface area contributed by atoms with E-state index in [-0.39, 0.29) is 4.31 Å². The van der Waals surface area contributed by atoms with Gasteiger partial charge < -0.3 is 5.73 Å². The SMILES string of the molecule is N[C@@H]1C(=O)N(S(=O)(=O)O)[C@H]1CF. The number of hydrogen-bond donors (Lipinski definition) is 2. The molecule has 0 aromatic rings. The molecule has 3 N–H and O–H groups in total. The Morgan fingerprint density at radius 2 is 2.17 bits per heavy atom. The lowest BCUT2D eigenvalue weighted by Crippen LogP contribution is -2.70. The summed E-state index contributed by atoms with van der Waals surface area (Å²) in [5.41, 5.74) is 5.06. The molecule has 1 amide bonds. The summed E-state index contributed by atoms with van der Waals surface area (Å²) in [6.45, 7) is -1.09. The van der Waals surface area contributed by atoms with E-state index in [0.29, 0.717) is 0 Å². The number of carbonyl (C=O) groups excluding carboxylic acids is 1. The van der Waals surface area contributed by atoms with Crippen molar-refractivity contribution in [3.05, 3.63) is 0 Å².